The third-order valence-corrected chi connectivity index (χ3v) is 5.75. The van der Waals surface area contributed by atoms with Crippen LogP contribution in [0.3, 0.4) is 0 Å². The lowest BCUT2D eigenvalue weighted by molar-refractivity contribution is 0.0990. The average Bonchev–Trinajstić information content (AvgIpc) is 2.95. The topological polar surface area (TPSA) is 15.3 Å². The van der Waals surface area contributed by atoms with Gasteiger partial charge in [0.15, 0.2) is 0 Å². The van der Waals surface area contributed by atoms with Gasteiger partial charge in [-0.05, 0) is 37.1 Å². The fraction of sp³-hybridized carbons (Fsp3) is 0.750. The molecular formula is C16H26N2S. The molecule has 3 rings (SSSR count). The minimum atomic E-state index is 0.668. The SMILES string of the molecule is CC1CNC(C2CCCCC2)CN1Cc1cccs1. The van der Waals surface area contributed by atoms with E-state index in [1.807, 2.05) is 11.3 Å². The lowest BCUT2D eigenvalue weighted by Crippen LogP contribution is -2.57. The van der Waals surface area contributed by atoms with Gasteiger partial charge in [-0.15, -0.1) is 11.3 Å². The molecule has 0 amide bonds. The molecule has 2 nitrogen and oxygen atoms in total. The molecule has 0 radical (unpaired) electrons. The van der Waals surface area contributed by atoms with E-state index in [0.717, 1.165) is 25.0 Å². The molecule has 1 saturated carbocycles. The van der Waals surface area contributed by atoms with Crippen molar-refractivity contribution in [2.24, 2.45) is 5.92 Å². The van der Waals surface area contributed by atoms with Crippen LogP contribution < -0.4 is 5.32 Å². The first-order chi connectivity index (χ1) is 9.33. The summed E-state index contributed by atoms with van der Waals surface area (Å²) in [5.41, 5.74) is 0. The van der Waals surface area contributed by atoms with Crippen molar-refractivity contribution in [1.29, 1.82) is 0 Å². The van der Waals surface area contributed by atoms with Crippen molar-refractivity contribution in [2.75, 3.05) is 13.1 Å². The molecule has 1 saturated heterocycles. The van der Waals surface area contributed by atoms with Gasteiger partial charge >= 0.3 is 0 Å². The highest BCUT2D eigenvalue weighted by Gasteiger charge is 2.30. The summed E-state index contributed by atoms with van der Waals surface area (Å²) in [5.74, 6) is 0.923. The summed E-state index contributed by atoms with van der Waals surface area (Å²) < 4.78 is 0. The molecule has 1 aliphatic carbocycles. The predicted octanol–water partition coefficient (Wildman–Crippen LogP) is 3.49. The molecule has 0 aromatic carbocycles. The van der Waals surface area contributed by atoms with Crippen molar-refractivity contribution in [1.82, 2.24) is 10.2 Å². The van der Waals surface area contributed by atoms with Gasteiger partial charge in [-0.1, -0.05) is 25.3 Å². The van der Waals surface area contributed by atoms with Crippen molar-refractivity contribution in [3.63, 3.8) is 0 Å². The molecule has 1 aromatic rings. The summed E-state index contributed by atoms with van der Waals surface area (Å²) in [5, 5.41) is 6.01. The van der Waals surface area contributed by atoms with Gasteiger partial charge in [0.25, 0.3) is 0 Å². The Bertz CT molecular complexity index is 370. The third kappa shape index (κ3) is 3.39. The highest BCUT2D eigenvalue weighted by Crippen LogP contribution is 2.29. The maximum absolute atomic E-state index is 3.81. The molecule has 0 spiro atoms. The normalized spacial score (nSPS) is 30.6. The summed E-state index contributed by atoms with van der Waals surface area (Å²) in [6, 6.07) is 5.85. The zero-order chi connectivity index (χ0) is 13.1. The van der Waals surface area contributed by atoms with Crippen LogP contribution in [0.1, 0.15) is 43.9 Å². The van der Waals surface area contributed by atoms with Gasteiger partial charge in [0.05, 0.1) is 0 Å². The van der Waals surface area contributed by atoms with Gasteiger partial charge in [-0.3, -0.25) is 4.90 Å². The van der Waals surface area contributed by atoms with Crippen molar-refractivity contribution in [3.05, 3.63) is 22.4 Å². The Balaban J connectivity index is 1.59. The largest absolute Gasteiger partial charge is 0.311 e. The number of nitrogens with one attached hydrogen (secondary N) is 1. The number of nitrogens with zero attached hydrogens (tertiary/aromatic N) is 1. The van der Waals surface area contributed by atoms with Crippen LogP contribution in [0.15, 0.2) is 17.5 Å². The fourth-order valence-electron chi connectivity index (χ4n) is 3.62. The summed E-state index contributed by atoms with van der Waals surface area (Å²) >= 11 is 1.89. The highest BCUT2D eigenvalue weighted by atomic mass is 32.1. The standard InChI is InChI=1S/C16H26N2S/c1-13-10-17-16(14-6-3-2-4-7-14)12-18(13)11-15-8-5-9-19-15/h5,8-9,13-14,16-17H,2-4,6-7,10-12H2,1H3. The first-order valence-electron chi connectivity index (χ1n) is 7.83. The van der Waals surface area contributed by atoms with Crippen LogP contribution >= 0.6 is 11.3 Å². The lowest BCUT2D eigenvalue weighted by atomic mass is 9.82. The molecular weight excluding hydrogens is 252 g/mol. The summed E-state index contributed by atoms with van der Waals surface area (Å²) in [6.45, 7) is 5.90. The number of rotatable bonds is 3. The van der Waals surface area contributed by atoms with Gasteiger partial charge in [0, 0.05) is 36.6 Å². The molecule has 19 heavy (non-hydrogen) atoms. The van der Waals surface area contributed by atoms with Gasteiger partial charge in [0.2, 0.25) is 0 Å². The number of hydrogen-bond acceptors (Lipinski definition) is 3. The van der Waals surface area contributed by atoms with Crippen LogP contribution in [0.25, 0.3) is 0 Å². The van der Waals surface area contributed by atoms with Gasteiger partial charge in [-0.2, -0.15) is 0 Å². The average molecular weight is 278 g/mol. The fourth-order valence-corrected chi connectivity index (χ4v) is 4.35. The molecule has 2 fully saturated rings. The van der Waals surface area contributed by atoms with Crippen LogP contribution in [0.4, 0.5) is 0 Å². The van der Waals surface area contributed by atoms with E-state index in [9.17, 15) is 0 Å². The van der Waals surface area contributed by atoms with Crippen LogP contribution in [0, 0.1) is 5.92 Å². The first kappa shape index (κ1) is 13.6. The van der Waals surface area contributed by atoms with E-state index >= 15 is 0 Å². The smallest absolute Gasteiger partial charge is 0.0331 e. The first-order valence-corrected chi connectivity index (χ1v) is 8.70. The Hall–Kier alpha value is -0.380. The Morgan fingerprint density at radius 3 is 2.89 bits per heavy atom. The second-order valence-corrected chi connectivity index (χ2v) is 7.30. The Morgan fingerprint density at radius 1 is 1.32 bits per heavy atom. The summed E-state index contributed by atoms with van der Waals surface area (Å²) in [4.78, 5) is 4.19. The molecule has 1 aromatic heterocycles. The number of thiophene rings is 1. The molecule has 2 atom stereocenters. The van der Waals surface area contributed by atoms with Crippen molar-refractivity contribution < 1.29 is 0 Å². The monoisotopic (exact) mass is 278 g/mol. The van der Waals surface area contributed by atoms with Gasteiger partial charge in [-0.25, -0.2) is 0 Å². The number of hydrogen-bond donors (Lipinski definition) is 1. The van der Waals surface area contributed by atoms with E-state index in [1.165, 1.54) is 43.5 Å². The molecule has 1 N–H and O–H groups in total. The van der Waals surface area contributed by atoms with Gasteiger partial charge < -0.3 is 5.32 Å². The van der Waals surface area contributed by atoms with Crippen molar-refractivity contribution >= 4 is 11.3 Å². The molecule has 0 bridgehead atoms. The zero-order valence-corrected chi connectivity index (χ0v) is 12.8. The maximum Gasteiger partial charge on any atom is 0.0331 e. The van der Waals surface area contributed by atoms with E-state index < -0.39 is 0 Å². The molecule has 2 heterocycles. The summed E-state index contributed by atoms with van der Waals surface area (Å²) in [7, 11) is 0. The molecule has 3 heteroatoms. The van der Waals surface area contributed by atoms with Gasteiger partial charge in [0.1, 0.15) is 0 Å². The minimum absolute atomic E-state index is 0.668. The van der Waals surface area contributed by atoms with E-state index in [-0.39, 0.29) is 0 Å². The Labute approximate surface area is 121 Å². The van der Waals surface area contributed by atoms with E-state index in [1.54, 1.807) is 0 Å². The lowest BCUT2D eigenvalue weighted by Gasteiger charge is -2.42. The second-order valence-electron chi connectivity index (χ2n) is 6.27. The third-order valence-electron chi connectivity index (χ3n) is 4.89. The van der Waals surface area contributed by atoms with Crippen LogP contribution in [-0.2, 0) is 6.54 Å². The van der Waals surface area contributed by atoms with Crippen molar-refractivity contribution in [2.45, 2.75) is 57.7 Å². The van der Waals surface area contributed by atoms with Crippen molar-refractivity contribution in [3.8, 4) is 0 Å². The minimum Gasteiger partial charge on any atom is -0.311 e. The van der Waals surface area contributed by atoms with Crippen LogP contribution in [0.5, 0.6) is 0 Å². The predicted molar refractivity (Wildman–Crippen MR) is 82.6 cm³/mol. The second kappa shape index (κ2) is 6.38. The quantitative estimate of drug-likeness (QED) is 0.910. The van der Waals surface area contributed by atoms with E-state index in [4.69, 9.17) is 0 Å². The number of piperazine rings is 1. The molecule has 106 valence electrons. The van der Waals surface area contributed by atoms with Crippen LogP contribution in [0.2, 0.25) is 0 Å². The van der Waals surface area contributed by atoms with E-state index in [0.29, 0.717) is 6.04 Å². The molecule has 2 aliphatic rings. The Kier molecular flexibility index (Phi) is 4.57. The van der Waals surface area contributed by atoms with Crippen LogP contribution in [-0.4, -0.2) is 30.1 Å². The van der Waals surface area contributed by atoms with E-state index in [2.05, 4.69) is 34.7 Å². The molecule has 1 aliphatic heterocycles. The maximum atomic E-state index is 3.81. The summed E-state index contributed by atoms with van der Waals surface area (Å²) in [6.07, 6.45) is 7.24. The molecule has 2 unspecified atom stereocenters. The highest BCUT2D eigenvalue weighted by molar-refractivity contribution is 7.09. The Morgan fingerprint density at radius 2 is 2.16 bits per heavy atom. The zero-order valence-electron chi connectivity index (χ0n) is 12.0.